The molecule has 0 aliphatic carbocycles. The van der Waals surface area contributed by atoms with Crippen molar-refractivity contribution in [1.29, 1.82) is 0 Å². The van der Waals surface area contributed by atoms with Crippen molar-refractivity contribution < 1.29 is 23.5 Å². The molecule has 0 saturated heterocycles. The van der Waals surface area contributed by atoms with Gasteiger partial charge in [0.15, 0.2) is 11.5 Å². The Balaban J connectivity index is 1.31. The third-order valence-electron chi connectivity index (χ3n) is 5.09. The molecule has 2 aromatic carbocycles. The van der Waals surface area contributed by atoms with Crippen molar-refractivity contribution in [3.8, 4) is 11.5 Å². The number of nitrogens with zero attached hydrogens (tertiary/aromatic N) is 2. The number of amides is 1. The van der Waals surface area contributed by atoms with Crippen molar-refractivity contribution in [2.75, 3.05) is 20.2 Å². The van der Waals surface area contributed by atoms with Crippen molar-refractivity contribution in [2.45, 2.75) is 13.0 Å². The van der Waals surface area contributed by atoms with Crippen molar-refractivity contribution >= 4 is 18.1 Å². The normalized spacial score (nSPS) is 13.5. The standard InChI is InChI=1S/C24H23N3O5/c1-30-22-13-17(8-9-20(22)32-24(29)21-7-4-12-31-21)14-25-26-23(28)16-27-11-10-18-5-2-3-6-19(18)15-27/h2-9,12-14H,10-11,15-16H2,1H3,(H,26,28). The van der Waals surface area contributed by atoms with E-state index in [9.17, 15) is 9.59 Å². The molecule has 0 fully saturated rings. The van der Waals surface area contributed by atoms with Crippen LogP contribution in [0.2, 0.25) is 0 Å². The number of hydrogen-bond donors (Lipinski definition) is 1. The van der Waals surface area contributed by atoms with E-state index >= 15 is 0 Å². The molecule has 1 amide bonds. The predicted molar refractivity (Wildman–Crippen MR) is 118 cm³/mol. The molecule has 8 nitrogen and oxygen atoms in total. The lowest BCUT2D eigenvalue weighted by Crippen LogP contribution is -2.38. The molecule has 1 aliphatic heterocycles. The maximum atomic E-state index is 12.3. The summed E-state index contributed by atoms with van der Waals surface area (Å²) in [4.78, 5) is 26.4. The predicted octanol–water partition coefficient (Wildman–Crippen LogP) is 3.02. The van der Waals surface area contributed by atoms with Crippen LogP contribution in [0.3, 0.4) is 0 Å². The molecule has 4 rings (SSSR count). The van der Waals surface area contributed by atoms with Crippen molar-refractivity contribution in [3.63, 3.8) is 0 Å². The van der Waals surface area contributed by atoms with Gasteiger partial charge in [0.25, 0.3) is 5.91 Å². The van der Waals surface area contributed by atoms with Gasteiger partial charge in [0, 0.05) is 13.1 Å². The van der Waals surface area contributed by atoms with Gasteiger partial charge in [-0.2, -0.15) is 5.10 Å². The third-order valence-corrected chi connectivity index (χ3v) is 5.09. The van der Waals surface area contributed by atoms with Gasteiger partial charge in [-0.05, 0) is 53.4 Å². The molecule has 32 heavy (non-hydrogen) atoms. The van der Waals surface area contributed by atoms with Gasteiger partial charge >= 0.3 is 5.97 Å². The van der Waals surface area contributed by atoms with Crippen molar-refractivity contribution in [3.05, 3.63) is 83.3 Å². The van der Waals surface area contributed by atoms with E-state index < -0.39 is 5.97 Å². The van der Waals surface area contributed by atoms with Gasteiger partial charge in [-0.25, -0.2) is 10.2 Å². The van der Waals surface area contributed by atoms with Gasteiger partial charge < -0.3 is 13.9 Å². The molecule has 3 aromatic rings. The Hall–Kier alpha value is -3.91. The highest BCUT2D eigenvalue weighted by Gasteiger charge is 2.18. The van der Waals surface area contributed by atoms with Gasteiger partial charge in [-0.3, -0.25) is 9.69 Å². The third kappa shape index (κ3) is 5.22. The number of hydrazone groups is 1. The molecule has 1 N–H and O–H groups in total. The molecular formula is C24H23N3O5. The molecule has 0 saturated carbocycles. The number of methoxy groups -OCH3 is 1. The van der Waals surface area contributed by atoms with Gasteiger partial charge in [-0.15, -0.1) is 0 Å². The van der Waals surface area contributed by atoms with Crippen LogP contribution >= 0.6 is 0 Å². The Kier molecular flexibility index (Phi) is 6.62. The fourth-order valence-electron chi connectivity index (χ4n) is 3.50. The zero-order valence-electron chi connectivity index (χ0n) is 17.6. The molecule has 0 spiro atoms. The number of rotatable bonds is 7. The largest absolute Gasteiger partial charge is 0.493 e. The zero-order valence-corrected chi connectivity index (χ0v) is 17.6. The van der Waals surface area contributed by atoms with Gasteiger partial charge in [0.05, 0.1) is 26.1 Å². The number of esters is 1. The van der Waals surface area contributed by atoms with Crippen molar-refractivity contribution in [2.24, 2.45) is 5.10 Å². The number of carbonyl (C=O) groups is 2. The van der Waals surface area contributed by atoms with E-state index in [4.69, 9.17) is 13.9 Å². The average molecular weight is 433 g/mol. The smallest absolute Gasteiger partial charge is 0.379 e. The second-order valence-electron chi connectivity index (χ2n) is 7.30. The first-order valence-electron chi connectivity index (χ1n) is 10.2. The first-order valence-corrected chi connectivity index (χ1v) is 10.2. The van der Waals surface area contributed by atoms with E-state index in [1.165, 1.54) is 36.8 Å². The fourth-order valence-corrected chi connectivity index (χ4v) is 3.50. The summed E-state index contributed by atoms with van der Waals surface area (Å²) >= 11 is 0. The van der Waals surface area contributed by atoms with Crippen LogP contribution in [0.4, 0.5) is 0 Å². The van der Waals surface area contributed by atoms with E-state index in [0.29, 0.717) is 11.3 Å². The summed E-state index contributed by atoms with van der Waals surface area (Å²) < 4.78 is 15.6. The maximum Gasteiger partial charge on any atom is 0.379 e. The lowest BCUT2D eigenvalue weighted by atomic mass is 10.00. The average Bonchev–Trinajstić information content (AvgIpc) is 3.35. The molecule has 0 atom stereocenters. The van der Waals surface area contributed by atoms with E-state index in [0.717, 1.165) is 19.5 Å². The van der Waals surface area contributed by atoms with Crippen LogP contribution in [0.15, 0.2) is 70.4 Å². The minimum absolute atomic E-state index is 0.0950. The van der Waals surface area contributed by atoms with Crippen LogP contribution in [0.25, 0.3) is 0 Å². The maximum absolute atomic E-state index is 12.3. The fraction of sp³-hybridized carbons (Fsp3) is 0.208. The minimum atomic E-state index is -0.623. The molecule has 0 unspecified atom stereocenters. The van der Waals surface area contributed by atoms with Crippen LogP contribution in [0.1, 0.15) is 27.2 Å². The van der Waals surface area contributed by atoms with Crippen LogP contribution in [0, 0.1) is 0 Å². The topological polar surface area (TPSA) is 93.4 Å². The monoisotopic (exact) mass is 433 g/mol. The van der Waals surface area contributed by atoms with Crippen LogP contribution in [-0.2, 0) is 17.8 Å². The van der Waals surface area contributed by atoms with Gasteiger partial charge in [0.2, 0.25) is 5.76 Å². The SMILES string of the molecule is COc1cc(C=NNC(=O)CN2CCc3ccccc3C2)ccc1OC(=O)c1ccco1. The molecule has 8 heteroatoms. The minimum Gasteiger partial charge on any atom is -0.493 e. The number of furan rings is 1. The number of fused-ring (bicyclic) bond motifs is 1. The van der Waals surface area contributed by atoms with E-state index in [-0.39, 0.29) is 24.0 Å². The Bertz CT molecular complexity index is 1120. The number of nitrogens with one attached hydrogen (secondary N) is 1. The zero-order chi connectivity index (χ0) is 22.3. The summed E-state index contributed by atoms with van der Waals surface area (Å²) in [6.07, 6.45) is 3.83. The van der Waals surface area contributed by atoms with E-state index in [1.807, 2.05) is 12.1 Å². The summed E-state index contributed by atoms with van der Waals surface area (Å²) in [6.45, 7) is 1.86. The lowest BCUT2D eigenvalue weighted by molar-refractivity contribution is -0.122. The van der Waals surface area contributed by atoms with Crippen LogP contribution in [0.5, 0.6) is 11.5 Å². The molecular weight excluding hydrogens is 410 g/mol. The highest BCUT2D eigenvalue weighted by atomic mass is 16.6. The second-order valence-corrected chi connectivity index (χ2v) is 7.30. The molecule has 1 aliphatic rings. The first-order chi connectivity index (χ1) is 15.6. The molecule has 0 bridgehead atoms. The summed E-state index contributed by atoms with van der Waals surface area (Å²) in [5.41, 5.74) is 5.83. The number of carbonyl (C=O) groups excluding carboxylic acids is 2. The summed E-state index contributed by atoms with van der Waals surface area (Å²) in [6, 6.07) is 16.4. The lowest BCUT2D eigenvalue weighted by Gasteiger charge is -2.27. The molecule has 0 radical (unpaired) electrons. The summed E-state index contributed by atoms with van der Waals surface area (Å²) in [7, 11) is 1.47. The summed E-state index contributed by atoms with van der Waals surface area (Å²) in [5.74, 6) is -0.107. The van der Waals surface area contributed by atoms with Crippen LogP contribution < -0.4 is 14.9 Å². The van der Waals surface area contributed by atoms with Gasteiger partial charge in [-0.1, -0.05) is 24.3 Å². The Morgan fingerprint density at radius 2 is 1.97 bits per heavy atom. The molecule has 164 valence electrons. The summed E-state index contributed by atoms with van der Waals surface area (Å²) in [5, 5.41) is 4.03. The Morgan fingerprint density at radius 1 is 1.12 bits per heavy atom. The Labute approximate surface area is 185 Å². The molecule has 1 aromatic heterocycles. The van der Waals surface area contributed by atoms with Gasteiger partial charge in [0.1, 0.15) is 0 Å². The van der Waals surface area contributed by atoms with E-state index in [1.54, 1.807) is 24.3 Å². The quantitative estimate of drug-likeness (QED) is 0.266. The number of benzene rings is 2. The van der Waals surface area contributed by atoms with Crippen LogP contribution in [-0.4, -0.2) is 43.2 Å². The Morgan fingerprint density at radius 3 is 2.75 bits per heavy atom. The highest BCUT2D eigenvalue weighted by Crippen LogP contribution is 2.28. The number of hydrogen-bond acceptors (Lipinski definition) is 7. The van der Waals surface area contributed by atoms with Crippen molar-refractivity contribution in [1.82, 2.24) is 10.3 Å². The number of ether oxygens (including phenoxy) is 2. The highest BCUT2D eigenvalue weighted by molar-refractivity contribution is 5.89. The van der Waals surface area contributed by atoms with E-state index in [2.05, 4.69) is 27.6 Å². The first kappa shape index (κ1) is 21.3. The molecule has 2 heterocycles. The second kappa shape index (κ2) is 9.93.